The topological polar surface area (TPSA) is 29.1 Å². The number of anilines is 1. The van der Waals surface area contributed by atoms with Crippen LogP contribution in [0.1, 0.15) is 15.2 Å². The Morgan fingerprint density at radius 3 is 2.70 bits per heavy atom. The number of thiophene rings is 1. The second kappa shape index (κ2) is 5.83. The summed E-state index contributed by atoms with van der Waals surface area (Å²) in [7, 11) is 0. The molecule has 114 valence electrons. The number of thioether (sulfide) groups is 1. The second-order valence-corrected chi connectivity index (χ2v) is 7.28. The van der Waals surface area contributed by atoms with Crippen LogP contribution in [-0.2, 0) is 5.75 Å². The minimum Gasteiger partial charge on any atom is -0.321 e. The molecule has 0 saturated heterocycles. The maximum Gasteiger partial charge on any atom is 0.265 e. The molecule has 1 amide bonds. The van der Waals surface area contributed by atoms with Gasteiger partial charge in [0.2, 0.25) is 0 Å². The highest BCUT2D eigenvalue weighted by Crippen LogP contribution is 2.45. The minimum absolute atomic E-state index is 0.154. The zero-order valence-electron chi connectivity index (χ0n) is 12.0. The summed E-state index contributed by atoms with van der Waals surface area (Å²) in [6, 6.07) is 16.0. The Bertz CT molecular complexity index is 886. The Labute approximate surface area is 141 Å². The van der Waals surface area contributed by atoms with Crippen LogP contribution in [0.3, 0.4) is 0 Å². The first-order chi connectivity index (χ1) is 11.2. The number of halogens is 1. The van der Waals surface area contributed by atoms with Crippen molar-refractivity contribution in [3.8, 4) is 10.4 Å². The molecule has 0 spiro atoms. The van der Waals surface area contributed by atoms with E-state index in [1.54, 1.807) is 23.9 Å². The first-order valence-corrected chi connectivity index (χ1v) is 8.93. The van der Waals surface area contributed by atoms with Gasteiger partial charge < -0.3 is 5.32 Å². The van der Waals surface area contributed by atoms with E-state index in [1.165, 1.54) is 44.4 Å². The molecule has 1 aliphatic rings. The highest BCUT2D eigenvalue weighted by atomic mass is 32.2. The summed E-state index contributed by atoms with van der Waals surface area (Å²) in [5.41, 5.74) is 2.99. The third-order valence-corrected chi connectivity index (χ3v) is 5.98. The molecule has 1 N–H and O–H groups in total. The molecule has 0 atom stereocenters. The largest absolute Gasteiger partial charge is 0.321 e. The number of hydrogen-bond acceptors (Lipinski definition) is 3. The minimum atomic E-state index is -0.316. The molecular weight excluding hydrogens is 329 g/mol. The van der Waals surface area contributed by atoms with E-state index in [2.05, 4.69) is 17.4 Å². The van der Waals surface area contributed by atoms with Crippen molar-refractivity contribution in [3.05, 3.63) is 70.9 Å². The monoisotopic (exact) mass is 341 g/mol. The lowest BCUT2D eigenvalue weighted by Crippen LogP contribution is -2.09. The van der Waals surface area contributed by atoms with Gasteiger partial charge >= 0.3 is 0 Å². The first kappa shape index (κ1) is 14.5. The van der Waals surface area contributed by atoms with Crippen molar-refractivity contribution in [2.24, 2.45) is 0 Å². The number of carbonyl (C=O) groups is 1. The summed E-state index contributed by atoms with van der Waals surface area (Å²) < 4.78 is 12.9. The van der Waals surface area contributed by atoms with Crippen LogP contribution in [0.5, 0.6) is 0 Å². The normalized spacial score (nSPS) is 12.4. The van der Waals surface area contributed by atoms with E-state index in [-0.39, 0.29) is 11.7 Å². The van der Waals surface area contributed by atoms with Crippen molar-refractivity contribution in [2.75, 3.05) is 5.32 Å². The number of fused-ring (bicyclic) bond motifs is 3. The van der Waals surface area contributed by atoms with Crippen LogP contribution in [0, 0.1) is 5.82 Å². The predicted octanol–water partition coefficient (Wildman–Crippen LogP) is 5.41. The standard InChI is InChI=1S/C18H12FNOS2/c19-12-5-7-13(8-6-12)20-18(21)16-9-11-10-22-15-4-2-1-3-14(15)17(11)23-16/h1-9H,10H2,(H,20,21). The Balaban J connectivity index is 1.63. The van der Waals surface area contributed by atoms with Crippen LogP contribution in [0.15, 0.2) is 59.5 Å². The van der Waals surface area contributed by atoms with E-state index in [4.69, 9.17) is 0 Å². The van der Waals surface area contributed by atoms with Crippen LogP contribution >= 0.6 is 23.1 Å². The molecule has 0 radical (unpaired) electrons. The van der Waals surface area contributed by atoms with E-state index in [0.717, 1.165) is 5.75 Å². The zero-order valence-corrected chi connectivity index (χ0v) is 13.6. The molecule has 1 aliphatic heterocycles. The number of amides is 1. The van der Waals surface area contributed by atoms with Gasteiger partial charge in [-0.05, 0) is 42.0 Å². The van der Waals surface area contributed by atoms with Gasteiger partial charge in [0, 0.05) is 26.8 Å². The predicted molar refractivity (Wildman–Crippen MR) is 93.7 cm³/mol. The first-order valence-electron chi connectivity index (χ1n) is 7.12. The van der Waals surface area contributed by atoms with E-state index >= 15 is 0 Å². The van der Waals surface area contributed by atoms with Crippen molar-refractivity contribution in [1.82, 2.24) is 0 Å². The molecule has 1 aromatic heterocycles. The van der Waals surface area contributed by atoms with E-state index in [9.17, 15) is 9.18 Å². The smallest absolute Gasteiger partial charge is 0.265 e. The fourth-order valence-electron chi connectivity index (χ4n) is 2.54. The third-order valence-electron chi connectivity index (χ3n) is 3.65. The average Bonchev–Trinajstić information content (AvgIpc) is 3.02. The van der Waals surface area contributed by atoms with Gasteiger partial charge in [-0.25, -0.2) is 4.39 Å². The molecule has 3 aromatic rings. The lowest BCUT2D eigenvalue weighted by atomic mass is 10.1. The quantitative estimate of drug-likeness (QED) is 0.675. The highest BCUT2D eigenvalue weighted by Gasteiger charge is 2.21. The molecule has 4 rings (SSSR count). The zero-order chi connectivity index (χ0) is 15.8. The summed E-state index contributed by atoms with van der Waals surface area (Å²) in [5.74, 6) is 0.411. The van der Waals surface area contributed by atoms with Gasteiger partial charge in [-0.3, -0.25) is 4.79 Å². The van der Waals surface area contributed by atoms with Gasteiger partial charge in [-0.1, -0.05) is 18.2 Å². The molecular formula is C18H12FNOS2. The van der Waals surface area contributed by atoms with Crippen LogP contribution in [-0.4, -0.2) is 5.91 Å². The molecule has 23 heavy (non-hydrogen) atoms. The van der Waals surface area contributed by atoms with Crippen LogP contribution in [0.2, 0.25) is 0 Å². The van der Waals surface area contributed by atoms with E-state index in [1.807, 2.05) is 18.2 Å². The Hall–Kier alpha value is -2.11. The fraction of sp³-hybridized carbons (Fsp3) is 0.0556. The van der Waals surface area contributed by atoms with Gasteiger partial charge in [-0.2, -0.15) is 0 Å². The summed E-state index contributed by atoms with van der Waals surface area (Å²) in [5, 5.41) is 2.82. The van der Waals surface area contributed by atoms with Gasteiger partial charge in [0.05, 0.1) is 4.88 Å². The Morgan fingerprint density at radius 1 is 1.09 bits per heavy atom. The van der Waals surface area contributed by atoms with Gasteiger partial charge in [0.25, 0.3) is 5.91 Å². The molecule has 2 nitrogen and oxygen atoms in total. The molecule has 2 aromatic carbocycles. The maximum absolute atomic E-state index is 12.9. The molecule has 0 aliphatic carbocycles. The Morgan fingerprint density at radius 2 is 1.87 bits per heavy atom. The molecule has 5 heteroatoms. The van der Waals surface area contributed by atoms with Crippen molar-refractivity contribution in [2.45, 2.75) is 10.6 Å². The van der Waals surface area contributed by atoms with Crippen molar-refractivity contribution < 1.29 is 9.18 Å². The summed E-state index contributed by atoms with van der Waals surface area (Å²) in [4.78, 5) is 15.5. The summed E-state index contributed by atoms with van der Waals surface area (Å²) in [6.07, 6.45) is 0. The number of benzene rings is 2. The van der Waals surface area contributed by atoms with Gasteiger partial charge in [-0.15, -0.1) is 23.1 Å². The lowest BCUT2D eigenvalue weighted by Gasteiger charge is -2.14. The third kappa shape index (κ3) is 2.78. The summed E-state index contributed by atoms with van der Waals surface area (Å²) in [6.45, 7) is 0. The molecule has 2 heterocycles. The van der Waals surface area contributed by atoms with Crippen LogP contribution < -0.4 is 5.32 Å². The average molecular weight is 341 g/mol. The van der Waals surface area contributed by atoms with Gasteiger partial charge in [0.1, 0.15) is 5.82 Å². The maximum atomic E-state index is 12.9. The van der Waals surface area contributed by atoms with Crippen LogP contribution in [0.25, 0.3) is 10.4 Å². The highest BCUT2D eigenvalue weighted by molar-refractivity contribution is 7.98. The van der Waals surface area contributed by atoms with E-state index < -0.39 is 0 Å². The van der Waals surface area contributed by atoms with Crippen molar-refractivity contribution >= 4 is 34.7 Å². The Kier molecular flexibility index (Phi) is 3.67. The number of rotatable bonds is 2. The molecule has 0 unspecified atom stereocenters. The van der Waals surface area contributed by atoms with E-state index in [0.29, 0.717) is 10.6 Å². The number of nitrogens with one attached hydrogen (secondary N) is 1. The summed E-state index contributed by atoms with van der Waals surface area (Å²) >= 11 is 3.30. The molecule has 0 bridgehead atoms. The van der Waals surface area contributed by atoms with Crippen LogP contribution in [0.4, 0.5) is 10.1 Å². The fourth-order valence-corrected chi connectivity index (χ4v) is 4.85. The SMILES string of the molecule is O=C(Nc1ccc(F)cc1)c1cc2c(s1)-c1ccccc1SC2. The molecule has 0 saturated carbocycles. The second-order valence-electron chi connectivity index (χ2n) is 5.21. The van der Waals surface area contributed by atoms with Crippen molar-refractivity contribution in [1.29, 1.82) is 0 Å². The number of carbonyl (C=O) groups excluding carboxylic acids is 1. The number of hydrogen-bond donors (Lipinski definition) is 1. The van der Waals surface area contributed by atoms with Crippen molar-refractivity contribution in [3.63, 3.8) is 0 Å². The van der Waals surface area contributed by atoms with Gasteiger partial charge in [0.15, 0.2) is 0 Å². The molecule has 0 fully saturated rings. The lowest BCUT2D eigenvalue weighted by molar-refractivity contribution is 0.103.